The molecule has 3 N–H and O–H groups in total. The smallest absolute Gasteiger partial charge is 0.270 e. The van der Waals surface area contributed by atoms with Crippen molar-refractivity contribution in [1.29, 1.82) is 5.41 Å². The zero-order valence-corrected chi connectivity index (χ0v) is 23.0. The molecule has 206 valence electrons. The lowest BCUT2D eigenvalue weighted by molar-refractivity contribution is 0.0815. The van der Waals surface area contributed by atoms with Gasteiger partial charge < -0.3 is 30.2 Å². The van der Waals surface area contributed by atoms with Crippen molar-refractivity contribution < 1.29 is 9.53 Å². The lowest BCUT2D eigenvalue weighted by atomic mass is 10.2. The lowest BCUT2D eigenvalue weighted by Gasteiger charge is -2.34. The molecule has 1 saturated carbocycles. The van der Waals surface area contributed by atoms with Crippen LogP contribution in [0.25, 0.3) is 0 Å². The number of hydrogen-bond donors (Lipinski definition) is 3. The molecule has 1 amide bonds. The van der Waals surface area contributed by atoms with Crippen molar-refractivity contribution in [2.75, 3.05) is 71.2 Å². The number of nitrogens with one attached hydrogen (secondary N) is 3. The molecule has 38 heavy (non-hydrogen) atoms. The van der Waals surface area contributed by atoms with Crippen molar-refractivity contribution in [3.05, 3.63) is 53.6 Å². The predicted molar refractivity (Wildman–Crippen MR) is 152 cm³/mol. The Morgan fingerprint density at radius 3 is 2.50 bits per heavy atom. The third kappa shape index (κ3) is 6.80. The number of hydrogen-bond acceptors (Lipinski definition) is 8. The van der Waals surface area contributed by atoms with Gasteiger partial charge in [0.05, 0.1) is 6.61 Å². The second-order valence-corrected chi connectivity index (χ2v) is 10.4. The van der Waals surface area contributed by atoms with Gasteiger partial charge in [-0.05, 0) is 30.5 Å². The van der Waals surface area contributed by atoms with Gasteiger partial charge in [0, 0.05) is 84.5 Å². The number of rotatable bonds is 12. The molecule has 2 fully saturated rings. The fraction of sp³-hybridized carbons (Fsp3) is 0.536. The van der Waals surface area contributed by atoms with Gasteiger partial charge in [-0.25, -0.2) is 4.98 Å². The highest BCUT2D eigenvalue weighted by atomic mass is 16.5. The van der Waals surface area contributed by atoms with E-state index in [1.165, 1.54) is 11.8 Å². The van der Waals surface area contributed by atoms with E-state index in [2.05, 4.69) is 42.6 Å². The summed E-state index contributed by atoms with van der Waals surface area (Å²) in [6, 6.07) is 6.08. The van der Waals surface area contributed by atoms with Crippen LogP contribution < -0.4 is 10.6 Å². The minimum atomic E-state index is -0.0692. The summed E-state index contributed by atoms with van der Waals surface area (Å²) >= 11 is 0. The maximum Gasteiger partial charge on any atom is 0.270 e. The van der Waals surface area contributed by atoms with Crippen LogP contribution in [0.4, 0.5) is 11.6 Å². The van der Waals surface area contributed by atoms with Gasteiger partial charge in [-0.3, -0.25) is 14.6 Å². The fourth-order valence-corrected chi connectivity index (χ4v) is 5.29. The number of pyridine rings is 1. The molecule has 4 rings (SSSR count). The normalized spacial score (nSPS) is 16.9. The minimum absolute atomic E-state index is 0.0692. The number of methoxy groups -OCH3 is 1. The number of nitrogens with zero attached hydrogens (tertiary/aromatic N) is 5. The zero-order chi connectivity index (χ0) is 27.1. The third-order valence-electron chi connectivity index (χ3n) is 7.39. The Morgan fingerprint density at radius 1 is 1.18 bits per heavy atom. The Labute approximate surface area is 226 Å². The maximum absolute atomic E-state index is 13.0. The van der Waals surface area contributed by atoms with Crippen molar-refractivity contribution in [3.8, 4) is 0 Å². The summed E-state index contributed by atoms with van der Waals surface area (Å²) in [5.41, 5.74) is 2.43. The van der Waals surface area contributed by atoms with E-state index in [1.54, 1.807) is 32.2 Å². The number of anilines is 2. The van der Waals surface area contributed by atoms with E-state index in [-0.39, 0.29) is 11.9 Å². The first kappa shape index (κ1) is 27.8. The standard InChI is InChI=1S/C28H42N8O2/c1-21(31-26-10-9-22(19-30-26)20-35-13-11-34(12-14-35)15-16-38-4)32-27-23(18-29)17-25(28(37)33(2)3)36(27)24-7-5-6-8-24/h9-10,17-19,24,29,32H,1,5-8,11-16,20H2,2-4H3,(H,30,31). The summed E-state index contributed by atoms with van der Waals surface area (Å²) in [6.45, 7) is 11.0. The molecule has 10 nitrogen and oxygen atoms in total. The van der Waals surface area contributed by atoms with Gasteiger partial charge in [0.15, 0.2) is 0 Å². The summed E-state index contributed by atoms with van der Waals surface area (Å²) in [4.78, 5) is 24.0. The Bertz CT molecular complexity index is 1100. The topological polar surface area (TPSA) is 102 Å². The summed E-state index contributed by atoms with van der Waals surface area (Å²) in [7, 11) is 5.26. The van der Waals surface area contributed by atoms with Crippen LogP contribution in [-0.2, 0) is 11.3 Å². The molecule has 1 aliphatic carbocycles. The second kappa shape index (κ2) is 13.0. The molecule has 0 atom stereocenters. The van der Waals surface area contributed by atoms with Crippen molar-refractivity contribution in [3.63, 3.8) is 0 Å². The van der Waals surface area contributed by atoms with Gasteiger partial charge in [0.25, 0.3) is 5.91 Å². The molecule has 0 radical (unpaired) electrons. The molecule has 0 aromatic carbocycles. The number of aromatic nitrogens is 2. The number of carbonyl (C=O) groups excluding carboxylic acids is 1. The van der Waals surface area contributed by atoms with Crippen LogP contribution in [0.15, 0.2) is 36.8 Å². The minimum Gasteiger partial charge on any atom is -0.383 e. The molecular formula is C28H42N8O2. The van der Waals surface area contributed by atoms with E-state index >= 15 is 0 Å². The number of piperazine rings is 1. The SMILES string of the molecule is C=C(Nc1ccc(CN2CCN(CCOC)CC2)cn1)Nc1c(C=N)cc(C(=O)N(C)C)n1C1CCCC1. The van der Waals surface area contributed by atoms with Crippen molar-refractivity contribution in [2.24, 2.45) is 0 Å². The van der Waals surface area contributed by atoms with Crippen molar-refractivity contribution in [2.45, 2.75) is 38.3 Å². The first-order valence-corrected chi connectivity index (χ1v) is 13.5. The average molecular weight is 523 g/mol. The molecule has 3 heterocycles. The summed E-state index contributed by atoms with van der Waals surface area (Å²) < 4.78 is 7.26. The van der Waals surface area contributed by atoms with Gasteiger partial charge in [-0.2, -0.15) is 0 Å². The van der Waals surface area contributed by atoms with Crippen LogP contribution >= 0.6 is 0 Å². The number of ether oxygens (including phenoxy) is 1. The monoisotopic (exact) mass is 522 g/mol. The summed E-state index contributed by atoms with van der Waals surface area (Å²) in [5, 5.41) is 14.6. The quantitative estimate of drug-likeness (QED) is 0.367. The number of amides is 1. The van der Waals surface area contributed by atoms with E-state index in [0.29, 0.717) is 22.9 Å². The van der Waals surface area contributed by atoms with E-state index in [4.69, 9.17) is 10.1 Å². The molecule has 1 aliphatic heterocycles. The van der Waals surface area contributed by atoms with E-state index in [9.17, 15) is 4.79 Å². The first-order valence-electron chi connectivity index (χ1n) is 13.5. The largest absolute Gasteiger partial charge is 0.383 e. The molecule has 0 unspecified atom stereocenters. The molecule has 2 aromatic rings. The highest BCUT2D eigenvalue weighted by Gasteiger charge is 2.28. The van der Waals surface area contributed by atoms with Gasteiger partial charge in [-0.15, -0.1) is 0 Å². The molecule has 0 spiro atoms. The van der Waals surface area contributed by atoms with Crippen LogP contribution in [0, 0.1) is 5.41 Å². The highest BCUT2D eigenvalue weighted by Crippen LogP contribution is 2.36. The Kier molecular flexibility index (Phi) is 9.54. The summed E-state index contributed by atoms with van der Waals surface area (Å²) in [6.07, 6.45) is 7.50. The van der Waals surface area contributed by atoms with Crippen molar-refractivity contribution >= 4 is 23.8 Å². The van der Waals surface area contributed by atoms with Gasteiger partial charge >= 0.3 is 0 Å². The molecule has 2 aliphatic rings. The molecule has 10 heteroatoms. The van der Waals surface area contributed by atoms with E-state index in [1.807, 2.05) is 12.3 Å². The molecule has 0 bridgehead atoms. The Balaban J connectivity index is 1.39. The fourth-order valence-electron chi connectivity index (χ4n) is 5.29. The van der Waals surface area contributed by atoms with Crippen LogP contribution in [0.5, 0.6) is 0 Å². The van der Waals surface area contributed by atoms with E-state index < -0.39 is 0 Å². The average Bonchev–Trinajstić information content (AvgIpc) is 3.57. The van der Waals surface area contributed by atoms with E-state index in [0.717, 1.165) is 77.4 Å². The highest BCUT2D eigenvalue weighted by molar-refractivity contribution is 5.98. The first-order chi connectivity index (χ1) is 18.4. The number of carbonyl (C=O) groups is 1. The second-order valence-electron chi connectivity index (χ2n) is 10.4. The Hall–Kier alpha value is -3.21. The third-order valence-corrected chi connectivity index (χ3v) is 7.39. The molecular weight excluding hydrogens is 480 g/mol. The predicted octanol–water partition coefficient (Wildman–Crippen LogP) is 3.46. The van der Waals surface area contributed by atoms with Crippen molar-refractivity contribution in [1.82, 2.24) is 24.3 Å². The summed E-state index contributed by atoms with van der Waals surface area (Å²) in [5.74, 6) is 1.88. The molecule has 2 aromatic heterocycles. The van der Waals surface area contributed by atoms with Crippen LogP contribution in [0.1, 0.15) is 53.3 Å². The van der Waals surface area contributed by atoms with Gasteiger partial charge in [0.2, 0.25) is 0 Å². The van der Waals surface area contributed by atoms with Crippen LogP contribution in [0.2, 0.25) is 0 Å². The van der Waals surface area contributed by atoms with Crippen LogP contribution in [-0.4, -0.2) is 96.9 Å². The maximum atomic E-state index is 13.0. The Morgan fingerprint density at radius 2 is 1.89 bits per heavy atom. The van der Waals surface area contributed by atoms with Crippen LogP contribution in [0.3, 0.4) is 0 Å². The van der Waals surface area contributed by atoms with Gasteiger partial charge in [-0.1, -0.05) is 25.5 Å². The zero-order valence-electron chi connectivity index (χ0n) is 23.0. The van der Waals surface area contributed by atoms with Gasteiger partial charge in [0.1, 0.15) is 23.2 Å². The lowest BCUT2D eigenvalue weighted by Crippen LogP contribution is -2.46. The molecule has 1 saturated heterocycles.